The van der Waals surface area contributed by atoms with Gasteiger partial charge in [-0.15, -0.1) is 0 Å². The van der Waals surface area contributed by atoms with Crippen LogP contribution < -0.4 is 4.74 Å². The van der Waals surface area contributed by atoms with Crippen LogP contribution in [0.5, 0.6) is 5.75 Å². The first-order chi connectivity index (χ1) is 10.3. The predicted molar refractivity (Wildman–Crippen MR) is 84.5 cm³/mol. The Morgan fingerprint density at radius 3 is 2.62 bits per heavy atom. The maximum atomic E-state index is 10.1. The molecule has 2 aromatic carbocycles. The summed E-state index contributed by atoms with van der Waals surface area (Å²) in [7, 11) is 0. The van der Waals surface area contributed by atoms with Crippen LogP contribution in [0, 0.1) is 0 Å². The summed E-state index contributed by atoms with van der Waals surface area (Å²) >= 11 is 0. The largest absolute Gasteiger partial charge is 0.489 e. The van der Waals surface area contributed by atoms with Crippen molar-refractivity contribution in [1.82, 2.24) is 0 Å². The Morgan fingerprint density at radius 1 is 1.10 bits per heavy atom. The Kier molecular flexibility index (Phi) is 4.26. The van der Waals surface area contributed by atoms with Gasteiger partial charge in [0.25, 0.3) is 0 Å². The van der Waals surface area contributed by atoms with E-state index in [1.54, 1.807) is 0 Å². The van der Waals surface area contributed by atoms with Gasteiger partial charge in [-0.05, 0) is 60.1 Å². The first-order valence-electron chi connectivity index (χ1n) is 7.78. The van der Waals surface area contributed by atoms with Crippen LogP contribution in [-0.4, -0.2) is 5.11 Å². The fourth-order valence-electron chi connectivity index (χ4n) is 2.88. The van der Waals surface area contributed by atoms with Gasteiger partial charge in [0.1, 0.15) is 12.4 Å². The van der Waals surface area contributed by atoms with Crippen LogP contribution in [0.2, 0.25) is 0 Å². The number of fused-ring (bicyclic) bond motifs is 1. The monoisotopic (exact) mass is 282 g/mol. The van der Waals surface area contributed by atoms with Crippen molar-refractivity contribution in [2.45, 2.75) is 45.3 Å². The molecule has 0 aromatic heterocycles. The first-order valence-corrected chi connectivity index (χ1v) is 7.78. The highest BCUT2D eigenvalue weighted by Crippen LogP contribution is 2.32. The highest BCUT2D eigenvalue weighted by molar-refractivity contribution is 5.38. The topological polar surface area (TPSA) is 29.5 Å². The molecule has 0 amide bonds. The second kappa shape index (κ2) is 6.31. The van der Waals surface area contributed by atoms with Gasteiger partial charge in [0.2, 0.25) is 0 Å². The molecule has 2 heteroatoms. The Balaban J connectivity index is 1.68. The third-order valence-electron chi connectivity index (χ3n) is 4.24. The van der Waals surface area contributed by atoms with Crippen molar-refractivity contribution in [2.75, 3.05) is 0 Å². The van der Waals surface area contributed by atoms with Crippen molar-refractivity contribution in [2.24, 2.45) is 0 Å². The summed E-state index contributed by atoms with van der Waals surface area (Å²) in [5.74, 6) is 0.842. The molecule has 1 atom stereocenters. The zero-order chi connectivity index (χ0) is 14.7. The van der Waals surface area contributed by atoms with Crippen LogP contribution in [0.15, 0.2) is 42.5 Å². The standard InChI is InChI=1S/C19H22O2/c1-2-14-6-8-15(9-7-14)13-21-17-11-10-16-4-3-5-19(20)18(16)12-17/h6-12,19-20H,2-5,13H2,1H3/t19-/m0/s1. The SMILES string of the molecule is CCc1ccc(COc2ccc3c(c2)[C@@H](O)CCC3)cc1. The van der Waals surface area contributed by atoms with Crippen molar-refractivity contribution >= 4 is 0 Å². The van der Waals surface area contributed by atoms with Gasteiger partial charge in [0.15, 0.2) is 0 Å². The maximum Gasteiger partial charge on any atom is 0.120 e. The van der Waals surface area contributed by atoms with Crippen molar-refractivity contribution in [3.8, 4) is 5.75 Å². The Morgan fingerprint density at radius 2 is 1.86 bits per heavy atom. The van der Waals surface area contributed by atoms with E-state index >= 15 is 0 Å². The molecule has 1 aliphatic rings. The Labute approximate surface area is 126 Å². The average molecular weight is 282 g/mol. The lowest BCUT2D eigenvalue weighted by atomic mass is 9.89. The number of ether oxygens (including phenoxy) is 1. The van der Waals surface area contributed by atoms with Crippen LogP contribution in [-0.2, 0) is 19.4 Å². The molecule has 0 saturated heterocycles. The van der Waals surface area contributed by atoms with E-state index in [2.05, 4.69) is 37.3 Å². The third-order valence-corrected chi connectivity index (χ3v) is 4.24. The van der Waals surface area contributed by atoms with E-state index < -0.39 is 0 Å². The summed E-state index contributed by atoms with van der Waals surface area (Å²) in [6.45, 7) is 2.73. The minimum Gasteiger partial charge on any atom is -0.489 e. The van der Waals surface area contributed by atoms with E-state index in [0.29, 0.717) is 6.61 Å². The van der Waals surface area contributed by atoms with Crippen LogP contribution in [0.25, 0.3) is 0 Å². The number of aryl methyl sites for hydroxylation is 2. The van der Waals surface area contributed by atoms with Gasteiger partial charge in [-0.2, -0.15) is 0 Å². The molecule has 0 radical (unpaired) electrons. The summed E-state index contributed by atoms with van der Waals surface area (Å²) in [6, 6.07) is 14.6. The van der Waals surface area contributed by atoms with Gasteiger partial charge >= 0.3 is 0 Å². The number of aliphatic hydroxyl groups is 1. The fourth-order valence-corrected chi connectivity index (χ4v) is 2.88. The van der Waals surface area contributed by atoms with Crippen LogP contribution >= 0.6 is 0 Å². The third kappa shape index (κ3) is 3.27. The minimum atomic E-state index is -0.332. The fraction of sp³-hybridized carbons (Fsp3) is 0.368. The highest BCUT2D eigenvalue weighted by Gasteiger charge is 2.18. The molecule has 0 fully saturated rings. The second-order valence-corrected chi connectivity index (χ2v) is 5.73. The van der Waals surface area contributed by atoms with Gasteiger partial charge in [0, 0.05) is 0 Å². The lowest BCUT2D eigenvalue weighted by Crippen LogP contribution is -2.09. The zero-order valence-corrected chi connectivity index (χ0v) is 12.5. The second-order valence-electron chi connectivity index (χ2n) is 5.73. The van der Waals surface area contributed by atoms with E-state index in [-0.39, 0.29) is 6.10 Å². The van der Waals surface area contributed by atoms with Crippen molar-refractivity contribution < 1.29 is 9.84 Å². The van der Waals surface area contributed by atoms with Crippen LogP contribution in [0.3, 0.4) is 0 Å². The summed E-state index contributed by atoms with van der Waals surface area (Å²) in [6.07, 6.45) is 3.71. The highest BCUT2D eigenvalue weighted by atomic mass is 16.5. The number of benzene rings is 2. The predicted octanol–water partition coefficient (Wildman–Crippen LogP) is 4.20. The van der Waals surface area contributed by atoms with E-state index in [1.807, 2.05) is 12.1 Å². The van der Waals surface area contributed by atoms with E-state index in [1.165, 1.54) is 16.7 Å². The molecule has 0 saturated carbocycles. The number of rotatable bonds is 4. The molecule has 110 valence electrons. The molecule has 3 rings (SSSR count). The van der Waals surface area contributed by atoms with Crippen molar-refractivity contribution in [3.05, 3.63) is 64.7 Å². The van der Waals surface area contributed by atoms with E-state index in [0.717, 1.165) is 37.0 Å². The zero-order valence-electron chi connectivity index (χ0n) is 12.5. The minimum absolute atomic E-state index is 0.332. The Bertz CT molecular complexity index is 601. The summed E-state index contributed by atoms with van der Waals surface area (Å²) in [5.41, 5.74) is 4.81. The van der Waals surface area contributed by atoms with E-state index in [4.69, 9.17) is 4.74 Å². The summed E-state index contributed by atoms with van der Waals surface area (Å²) in [4.78, 5) is 0. The first kappa shape index (κ1) is 14.2. The van der Waals surface area contributed by atoms with Gasteiger partial charge in [0.05, 0.1) is 6.10 Å². The van der Waals surface area contributed by atoms with Crippen molar-refractivity contribution in [1.29, 1.82) is 0 Å². The van der Waals surface area contributed by atoms with Gasteiger partial charge in [-0.25, -0.2) is 0 Å². The molecule has 0 aliphatic heterocycles. The van der Waals surface area contributed by atoms with Gasteiger partial charge in [-0.1, -0.05) is 37.3 Å². The normalized spacial score (nSPS) is 17.3. The van der Waals surface area contributed by atoms with Crippen LogP contribution in [0.4, 0.5) is 0 Å². The molecule has 0 bridgehead atoms. The smallest absolute Gasteiger partial charge is 0.120 e. The average Bonchev–Trinajstić information content (AvgIpc) is 2.54. The number of hydrogen-bond donors (Lipinski definition) is 1. The molecule has 0 spiro atoms. The molecular weight excluding hydrogens is 260 g/mol. The molecular formula is C19H22O2. The maximum absolute atomic E-state index is 10.1. The lowest BCUT2D eigenvalue weighted by molar-refractivity contribution is 0.156. The van der Waals surface area contributed by atoms with Crippen LogP contribution in [0.1, 0.15) is 48.1 Å². The Hall–Kier alpha value is -1.80. The number of hydrogen-bond acceptors (Lipinski definition) is 2. The molecule has 2 nitrogen and oxygen atoms in total. The molecule has 1 N–H and O–H groups in total. The summed E-state index contributed by atoms with van der Waals surface area (Å²) < 4.78 is 5.87. The van der Waals surface area contributed by atoms with E-state index in [9.17, 15) is 5.11 Å². The molecule has 0 unspecified atom stereocenters. The van der Waals surface area contributed by atoms with Gasteiger partial charge < -0.3 is 9.84 Å². The number of aliphatic hydroxyl groups excluding tert-OH is 1. The molecule has 2 aromatic rings. The van der Waals surface area contributed by atoms with Crippen molar-refractivity contribution in [3.63, 3.8) is 0 Å². The summed E-state index contributed by atoms with van der Waals surface area (Å²) in [5, 5.41) is 10.1. The molecule has 1 aliphatic carbocycles. The molecule has 21 heavy (non-hydrogen) atoms. The lowest BCUT2D eigenvalue weighted by Gasteiger charge is -2.22. The quantitative estimate of drug-likeness (QED) is 0.910. The van der Waals surface area contributed by atoms with Gasteiger partial charge in [-0.3, -0.25) is 0 Å². The molecule has 0 heterocycles.